The standard InChI is InChI=1S/C12H24O3/c1-11(2)6-8-13-9-10-15-12-5-3-4-7-14-12/h11-12H,3-10H2,1-2H3. The van der Waals surface area contributed by atoms with E-state index < -0.39 is 0 Å². The van der Waals surface area contributed by atoms with Crippen LogP contribution in [0.25, 0.3) is 0 Å². The maximum absolute atomic E-state index is 5.54. The molecular formula is C12H24O3. The molecule has 0 aromatic heterocycles. The van der Waals surface area contributed by atoms with Crippen LogP contribution < -0.4 is 0 Å². The average molecular weight is 216 g/mol. The van der Waals surface area contributed by atoms with E-state index in [1.54, 1.807) is 0 Å². The van der Waals surface area contributed by atoms with Crippen LogP contribution in [0.15, 0.2) is 0 Å². The molecule has 1 aliphatic heterocycles. The maximum atomic E-state index is 5.54. The van der Waals surface area contributed by atoms with Gasteiger partial charge in [0.1, 0.15) is 0 Å². The van der Waals surface area contributed by atoms with Crippen molar-refractivity contribution in [3.05, 3.63) is 0 Å². The van der Waals surface area contributed by atoms with Crippen LogP contribution in [0.5, 0.6) is 0 Å². The van der Waals surface area contributed by atoms with E-state index in [9.17, 15) is 0 Å². The fraction of sp³-hybridized carbons (Fsp3) is 1.00. The quantitative estimate of drug-likeness (QED) is 0.612. The zero-order valence-corrected chi connectivity index (χ0v) is 10.0. The molecule has 0 aliphatic carbocycles. The van der Waals surface area contributed by atoms with Crippen molar-refractivity contribution in [3.63, 3.8) is 0 Å². The van der Waals surface area contributed by atoms with Crippen molar-refractivity contribution >= 4 is 0 Å². The zero-order valence-electron chi connectivity index (χ0n) is 10.0. The molecule has 0 spiro atoms. The molecule has 0 bridgehead atoms. The number of hydrogen-bond donors (Lipinski definition) is 0. The molecule has 90 valence electrons. The first-order valence-electron chi connectivity index (χ1n) is 6.10. The van der Waals surface area contributed by atoms with Gasteiger partial charge < -0.3 is 14.2 Å². The summed E-state index contributed by atoms with van der Waals surface area (Å²) in [5, 5.41) is 0. The second kappa shape index (κ2) is 8.08. The lowest BCUT2D eigenvalue weighted by molar-refractivity contribution is -0.169. The van der Waals surface area contributed by atoms with Crippen molar-refractivity contribution in [1.29, 1.82) is 0 Å². The summed E-state index contributed by atoms with van der Waals surface area (Å²) in [7, 11) is 0. The van der Waals surface area contributed by atoms with E-state index in [2.05, 4.69) is 13.8 Å². The van der Waals surface area contributed by atoms with Crippen LogP contribution >= 0.6 is 0 Å². The van der Waals surface area contributed by atoms with E-state index in [4.69, 9.17) is 14.2 Å². The lowest BCUT2D eigenvalue weighted by atomic mass is 10.1. The van der Waals surface area contributed by atoms with Gasteiger partial charge in [0.05, 0.1) is 13.2 Å². The molecule has 0 amide bonds. The Morgan fingerprint density at radius 3 is 2.73 bits per heavy atom. The summed E-state index contributed by atoms with van der Waals surface area (Å²) >= 11 is 0. The first-order chi connectivity index (χ1) is 7.29. The Morgan fingerprint density at radius 2 is 2.07 bits per heavy atom. The van der Waals surface area contributed by atoms with E-state index in [1.165, 1.54) is 12.8 Å². The molecule has 1 aliphatic rings. The third kappa shape index (κ3) is 6.88. The summed E-state index contributed by atoms with van der Waals surface area (Å²) in [6.07, 6.45) is 4.57. The summed E-state index contributed by atoms with van der Waals surface area (Å²) in [5.74, 6) is 0.715. The zero-order chi connectivity index (χ0) is 10.9. The molecule has 3 heteroatoms. The molecule has 1 atom stereocenters. The number of hydrogen-bond acceptors (Lipinski definition) is 3. The Morgan fingerprint density at radius 1 is 1.20 bits per heavy atom. The highest BCUT2D eigenvalue weighted by molar-refractivity contribution is 4.53. The Kier molecular flexibility index (Phi) is 6.98. The second-order valence-electron chi connectivity index (χ2n) is 4.46. The molecule has 0 N–H and O–H groups in total. The van der Waals surface area contributed by atoms with Gasteiger partial charge in [-0.1, -0.05) is 13.8 Å². The molecule has 1 unspecified atom stereocenters. The Bertz CT molecular complexity index is 142. The van der Waals surface area contributed by atoms with Gasteiger partial charge in [-0.05, 0) is 31.6 Å². The van der Waals surface area contributed by atoms with Crippen molar-refractivity contribution in [2.75, 3.05) is 26.4 Å². The van der Waals surface area contributed by atoms with Crippen LogP contribution in [-0.4, -0.2) is 32.7 Å². The minimum Gasteiger partial charge on any atom is -0.379 e. The van der Waals surface area contributed by atoms with Crippen LogP contribution in [0.2, 0.25) is 0 Å². The highest BCUT2D eigenvalue weighted by atomic mass is 16.7. The summed E-state index contributed by atoms with van der Waals surface area (Å²) < 4.78 is 16.4. The lowest BCUT2D eigenvalue weighted by Gasteiger charge is -2.22. The Hall–Kier alpha value is -0.120. The molecule has 0 saturated carbocycles. The first-order valence-corrected chi connectivity index (χ1v) is 6.10. The van der Waals surface area contributed by atoms with Crippen LogP contribution in [-0.2, 0) is 14.2 Å². The predicted molar refractivity (Wildman–Crippen MR) is 59.8 cm³/mol. The third-order valence-electron chi connectivity index (χ3n) is 2.51. The lowest BCUT2D eigenvalue weighted by Crippen LogP contribution is -2.24. The molecule has 0 aromatic rings. The smallest absolute Gasteiger partial charge is 0.157 e. The molecule has 1 fully saturated rings. The van der Waals surface area contributed by atoms with Crippen LogP contribution in [0, 0.1) is 5.92 Å². The van der Waals surface area contributed by atoms with Crippen molar-refractivity contribution < 1.29 is 14.2 Å². The van der Waals surface area contributed by atoms with Gasteiger partial charge in [0.2, 0.25) is 0 Å². The van der Waals surface area contributed by atoms with Crippen LogP contribution in [0.3, 0.4) is 0 Å². The van der Waals surface area contributed by atoms with Gasteiger partial charge in [0.25, 0.3) is 0 Å². The summed E-state index contributed by atoms with van der Waals surface area (Å²) in [6.45, 7) is 7.44. The fourth-order valence-corrected chi connectivity index (χ4v) is 1.50. The van der Waals surface area contributed by atoms with Gasteiger partial charge in [0.15, 0.2) is 6.29 Å². The third-order valence-corrected chi connectivity index (χ3v) is 2.51. The van der Waals surface area contributed by atoms with Gasteiger partial charge in [-0.2, -0.15) is 0 Å². The summed E-state index contributed by atoms with van der Waals surface area (Å²) in [6, 6.07) is 0. The molecule has 15 heavy (non-hydrogen) atoms. The molecule has 1 heterocycles. The number of ether oxygens (including phenoxy) is 3. The minimum atomic E-state index is 0.0208. The highest BCUT2D eigenvalue weighted by Gasteiger charge is 2.13. The molecule has 1 saturated heterocycles. The van der Waals surface area contributed by atoms with E-state index in [0.29, 0.717) is 19.1 Å². The highest BCUT2D eigenvalue weighted by Crippen LogP contribution is 2.13. The van der Waals surface area contributed by atoms with Crippen LogP contribution in [0.1, 0.15) is 39.5 Å². The van der Waals surface area contributed by atoms with Gasteiger partial charge in [-0.3, -0.25) is 0 Å². The second-order valence-corrected chi connectivity index (χ2v) is 4.46. The normalized spacial score (nSPS) is 22.2. The van der Waals surface area contributed by atoms with E-state index in [0.717, 1.165) is 26.1 Å². The molecule has 1 rings (SSSR count). The summed E-state index contributed by atoms with van der Waals surface area (Å²) in [4.78, 5) is 0. The monoisotopic (exact) mass is 216 g/mol. The van der Waals surface area contributed by atoms with Gasteiger partial charge in [-0.25, -0.2) is 0 Å². The average Bonchev–Trinajstić information content (AvgIpc) is 2.24. The number of rotatable bonds is 7. The SMILES string of the molecule is CC(C)CCOCCOC1CCCCO1. The van der Waals surface area contributed by atoms with Gasteiger partial charge >= 0.3 is 0 Å². The van der Waals surface area contributed by atoms with E-state index in [-0.39, 0.29) is 6.29 Å². The van der Waals surface area contributed by atoms with Crippen molar-refractivity contribution in [1.82, 2.24) is 0 Å². The van der Waals surface area contributed by atoms with Crippen LogP contribution in [0.4, 0.5) is 0 Å². The maximum Gasteiger partial charge on any atom is 0.157 e. The predicted octanol–water partition coefficient (Wildman–Crippen LogP) is 2.59. The van der Waals surface area contributed by atoms with E-state index in [1.807, 2.05) is 0 Å². The van der Waals surface area contributed by atoms with Gasteiger partial charge in [-0.15, -0.1) is 0 Å². The largest absolute Gasteiger partial charge is 0.379 e. The van der Waals surface area contributed by atoms with Crippen molar-refractivity contribution in [2.24, 2.45) is 5.92 Å². The molecule has 0 radical (unpaired) electrons. The summed E-state index contributed by atoms with van der Waals surface area (Å²) in [5.41, 5.74) is 0. The van der Waals surface area contributed by atoms with Crippen molar-refractivity contribution in [3.8, 4) is 0 Å². The van der Waals surface area contributed by atoms with Crippen molar-refractivity contribution in [2.45, 2.75) is 45.8 Å². The Labute approximate surface area is 93.1 Å². The minimum absolute atomic E-state index is 0.0208. The molecule has 0 aromatic carbocycles. The fourth-order valence-electron chi connectivity index (χ4n) is 1.50. The van der Waals surface area contributed by atoms with Gasteiger partial charge in [0, 0.05) is 13.2 Å². The molecule has 3 nitrogen and oxygen atoms in total. The molecular weight excluding hydrogens is 192 g/mol. The first kappa shape index (κ1) is 12.9. The van der Waals surface area contributed by atoms with E-state index >= 15 is 0 Å². The Balaban J connectivity index is 1.83. The topological polar surface area (TPSA) is 27.7 Å².